The fourth-order valence-electron chi connectivity index (χ4n) is 2.30. The molecule has 1 aromatic carbocycles. The predicted octanol–water partition coefficient (Wildman–Crippen LogP) is 1.67. The van der Waals surface area contributed by atoms with Gasteiger partial charge in [0.1, 0.15) is 4.90 Å². The van der Waals surface area contributed by atoms with E-state index < -0.39 is 14.9 Å². The Bertz CT molecular complexity index is 630. The molecule has 1 saturated heterocycles. The zero-order valence-electron chi connectivity index (χ0n) is 11.4. The van der Waals surface area contributed by atoms with E-state index in [2.05, 4.69) is 5.32 Å². The van der Waals surface area contributed by atoms with Crippen molar-refractivity contribution in [2.24, 2.45) is 5.92 Å². The summed E-state index contributed by atoms with van der Waals surface area (Å²) >= 11 is 0. The Morgan fingerprint density at radius 1 is 1.45 bits per heavy atom. The van der Waals surface area contributed by atoms with Crippen molar-refractivity contribution in [3.05, 3.63) is 28.3 Å². The lowest BCUT2D eigenvalue weighted by atomic mass is 10.2. The number of nitrogens with one attached hydrogen (secondary N) is 1. The quantitative estimate of drug-likeness (QED) is 0.674. The largest absolute Gasteiger partial charge is 0.387 e. The molecule has 0 spiro atoms. The van der Waals surface area contributed by atoms with Crippen molar-refractivity contribution in [1.29, 1.82) is 0 Å². The van der Waals surface area contributed by atoms with E-state index in [1.807, 2.05) is 6.92 Å². The van der Waals surface area contributed by atoms with Gasteiger partial charge in [0.25, 0.3) is 5.69 Å². The molecule has 1 fully saturated rings. The monoisotopic (exact) mass is 299 g/mol. The van der Waals surface area contributed by atoms with Gasteiger partial charge in [-0.3, -0.25) is 10.1 Å². The molecule has 2 rings (SSSR count). The first-order chi connectivity index (χ1) is 9.36. The van der Waals surface area contributed by atoms with Crippen molar-refractivity contribution in [1.82, 2.24) is 4.31 Å². The number of benzene rings is 1. The molecule has 110 valence electrons. The Labute approximate surface area is 117 Å². The van der Waals surface area contributed by atoms with Crippen LogP contribution in [-0.4, -0.2) is 37.8 Å². The lowest BCUT2D eigenvalue weighted by Gasteiger charge is -2.18. The molecule has 1 N–H and O–H groups in total. The van der Waals surface area contributed by atoms with Gasteiger partial charge in [-0.05, 0) is 18.4 Å². The lowest BCUT2D eigenvalue weighted by molar-refractivity contribution is -0.385. The molecule has 1 unspecified atom stereocenters. The Morgan fingerprint density at radius 2 is 2.15 bits per heavy atom. The van der Waals surface area contributed by atoms with Crippen LogP contribution >= 0.6 is 0 Å². The molecule has 0 aromatic heterocycles. The third-order valence-electron chi connectivity index (χ3n) is 3.45. The smallest absolute Gasteiger partial charge is 0.270 e. The molecule has 0 radical (unpaired) electrons. The van der Waals surface area contributed by atoms with Gasteiger partial charge in [-0.2, -0.15) is 4.31 Å². The first kappa shape index (κ1) is 14.7. The van der Waals surface area contributed by atoms with Crippen LogP contribution in [0.15, 0.2) is 23.1 Å². The highest BCUT2D eigenvalue weighted by atomic mass is 32.2. The Kier molecular flexibility index (Phi) is 3.96. The summed E-state index contributed by atoms with van der Waals surface area (Å²) in [6, 6.07) is 3.83. The molecule has 1 aromatic rings. The number of nitrogens with zero attached hydrogens (tertiary/aromatic N) is 2. The van der Waals surface area contributed by atoms with Crippen LogP contribution in [0, 0.1) is 16.0 Å². The molecule has 8 heteroatoms. The Balaban J connectivity index is 2.49. The average molecular weight is 299 g/mol. The van der Waals surface area contributed by atoms with Crippen LogP contribution in [0.25, 0.3) is 0 Å². The molecular weight excluding hydrogens is 282 g/mol. The van der Waals surface area contributed by atoms with Gasteiger partial charge in [-0.25, -0.2) is 8.42 Å². The van der Waals surface area contributed by atoms with Crippen molar-refractivity contribution in [3.63, 3.8) is 0 Å². The van der Waals surface area contributed by atoms with Crippen LogP contribution in [0.1, 0.15) is 13.3 Å². The molecule has 0 amide bonds. The van der Waals surface area contributed by atoms with Gasteiger partial charge in [0.15, 0.2) is 0 Å². The third-order valence-corrected chi connectivity index (χ3v) is 5.35. The van der Waals surface area contributed by atoms with Crippen molar-refractivity contribution in [2.75, 3.05) is 25.5 Å². The van der Waals surface area contributed by atoms with Crippen LogP contribution in [0.3, 0.4) is 0 Å². The van der Waals surface area contributed by atoms with E-state index in [1.54, 1.807) is 7.05 Å². The predicted molar refractivity (Wildman–Crippen MR) is 75.2 cm³/mol. The summed E-state index contributed by atoms with van der Waals surface area (Å²) in [5, 5.41) is 13.6. The van der Waals surface area contributed by atoms with E-state index in [-0.39, 0.29) is 10.6 Å². The fourth-order valence-corrected chi connectivity index (χ4v) is 4.09. The molecule has 1 heterocycles. The average Bonchev–Trinajstić information content (AvgIpc) is 2.85. The summed E-state index contributed by atoms with van der Waals surface area (Å²) < 4.78 is 26.6. The van der Waals surface area contributed by atoms with E-state index in [9.17, 15) is 18.5 Å². The minimum Gasteiger partial charge on any atom is -0.387 e. The number of anilines is 1. The van der Waals surface area contributed by atoms with Crippen molar-refractivity contribution < 1.29 is 13.3 Å². The topological polar surface area (TPSA) is 92.5 Å². The molecular formula is C12H17N3O4S. The van der Waals surface area contributed by atoms with E-state index in [4.69, 9.17) is 0 Å². The molecule has 0 bridgehead atoms. The first-order valence-electron chi connectivity index (χ1n) is 6.32. The molecule has 1 aliphatic heterocycles. The van der Waals surface area contributed by atoms with E-state index in [0.717, 1.165) is 12.5 Å². The van der Waals surface area contributed by atoms with Crippen LogP contribution in [0.2, 0.25) is 0 Å². The van der Waals surface area contributed by atoms with Crippen LogP contribution < -0.4 is 5.32 Å². The minimum absolute atomic E-state index is 0.0386. The third kappa shape index (κ3) is 2.61. The summed E-state index contributed by atoms with van der Waals surface area (Å²) in [4.78, 5) is 10.2. The zero-order valence-corrected chi connectivity index (χ0v) is 12.2. The Morgan fingerprint density at radius 3 is 2.65 bits per heavy atom. The number of sulfonamides is 1. The van der Waals surface area contributed by atoms with Crippen molar-refractivity contribution in [3.8, 4) is 0 Å². The van der Waals surface area contributed by atoms with Gasteiger partial charge < -0.3 is 5.32 Å². The number of hydrogen-bond donors (Lipinski definition) is 1. The van der Waals surface area contributed by atoms with Gasteiger partial charge in [0, 0.05) is 32.3 Å². The second kappa shape index (κ2) is 5.37. The standard InChI is InChI=1S/C12H17N3O4S/c1-9-5-6-14(8-9)20(18,19)12-7-10(15(16)17)3-4-11(12)13-2/h3-4,7,9,13H,5-6,8H2,1-2H3. The van der Waals surface area contributed by atoms with Crippen LogP contribution in [0.5, 0.6) is 0 Å². The first-order valence-corrected chi connectivity index (χ1v) is 7.76. The SMILES string of the molecule is CNc1ccc([N+](=O)[O-])cc1S(=O)(=O)N1CCC(C)C1. The van der Waals surface area contributed by atoms with E-state index >= 15 is 0 Å². The minimum atomic E-state index is -3.70. The summed E-state index contributed by atoms with van der Waals surface area (Å²) in [6.07, 6.45) is 0.809. The summed E-state index contributed by atoms with van der Waals surface area (Å²) in [7, 11) is -2.11. The number of non-ortho nitro benzene ring substituents is 1. The molecule has 0 saturated carbocycles. The molecule has 7 nitrogen and oxygen atoms in total. The highest BCUT2D eigenvalue weighted by Gasteiger charge is 2.33. The van der Waals surface area contributed by atoms with E-state index in [0.29, 0.717) is 24.7 Å². The lowest BCUT2D eigenvalue weighted by Crippen LogP contribution is -2.29. The number of nitro benzene ring substituents is 1. The number of rotatable bonds is 4. The second-order valence-corrected chi connectivity index (χ2v) is 6.85. The zero-order chi connectivity index (χ0) is 14.9. The van der Waals surface area contributed by atoms with Gasteiger partial charge in [-0.15, -0.1) is 0 Å². The van der Waals surface area contributed by atoms with Gasteiger partial charge in [-0.1, -0.05) is 6.92 Å². The number of hydrogen-bond acceptors (Lipinski definition) is 5. The molecule has 0 aliphatic carbocycles. The fraction of sp³-hybridized carbons (Fsp3) is 0.500. The molecule has 1 atom stereocenters. The van der Waals surface area contributed by atoms with Gasteiger partial charge in [0.05, 0.1) is 10.6 Å². The Hall–Kier alpha value is -1.67. The highest BCUT2D eigenvalue weighted by Crippen LogP contribution is 2.31. The van der Waals surface area contributed by atoms with Gasteiger partial charge >= 0.3 is 0 Å². The summed E-state index contributed by atoms with van der Waals surface area (Å²) in [5.74, 6) is 0.307. The van der Waals surface area contributed by atoms with E-state index in [1.165, 1.54) is 16.4 Å². The van der Waals surface area contributed by atoms with Crippen molar-refractivity contribution >= 4 is 21.4 Å². The van der Waals surface area contributed by atoms with Crippen LogP contribution in [0.4, 0.5) is 11.4 Å². The maximum atomic E-state index is 12.6. The highest BCUT2D eigenvalue weighted by molar-refractivity contribution is 7.89. The van der Waals surface area contributed by atoms with Gasteiger partial charge in [0.2, 0.25) is 10.0 Å². The summed E-state index contributed by atoms with van der Waals surface area (Å²) in [6.45, 7) is 2.89. The van der Waals surface area contributed by atoms with Crippen LogP contribution in [-0.2, 0) is 10.0 Å². The normalized spacial score (nSPS) is 20.0. The number of nitro groups is 1. The summed E-state index contributed by atoms with van der Waals surface area (Å²) in [5.41, 5.74) is 0.143. The second-order valence-electron chi connectivity index (χ2n) is 4.94. The van der Waals surface area contributed by atoms with Crippen molar-refractivity contribution in [2.45, 2.75) is 18.2 Å². The maximum absolute atomic E-state index is 12.6. The molecule has 1 aliphatic rings. The maximum Gasteiger partial charge on any atom is 0.270 e. The molecule has 20 heavy (non-hydrogen) atoms.